The maximum absolute atomic E-state index is 13.2. The fourth-order valence-electron chi connectivity index (χ4n) is 3.63. The summed E-state index contributed by atoms with van der Waals surface area (Å²) in [6.45, 7) is 2.66. The molecule has 6 nitrogen and oxygen atoms in total. The summed E-state index contributed by atoms with van der Waals surface area (Å²) in [4.78, 5) is 14.7. The summed E-state index contributed by atoms with van der Waals surface area (Å²) in [6.07, 6.45) is -2.24. The van der Waals surface area contributed by atoms with E-state index in [1.165, 1.54) is 18.2 Å². The minimum absolute atomic E-state index is 0.0964. The number of para-hydroxylation sites is 2. The highest BCUT2D eigenvalue weighted by Crippen LogP contribution is 2.34. The number of rotatable bonds is 7. The molecule has 0 unspecified atom stereocenters. The van der Waals surface area contributed by atoms with E-state index in [2.05, 4.69) is 20.4 Å². The number of aromatic nitrogens is 3. The highest BCUT2D eigenvalue weighted by molar-refractivity contribution is 7.99. The smallest absolute Gasteiger partial charge is 0.325 e. The normalized spacial score (nSPS) is 14.6. The second kappa shape index (κ2) is 9.74. The zero-order valence-corrected chi connectivity index (χ0v) is 18.0. The zero-order valence-electron chi connectivity index (χ0n) is 17.2. The first-order valence-corrected chi connectivity index (χ1v) is 11.2. The van der Waals surface area contributed by atoms with Crippen LogP contribution in [0.4, 0.5) is 18.9 Å². The van der Waals surface area contributed by atoms with Crippen molar-refractivity contribution in [2.45, 2.75) is 30.7 Å². The minimum Gasteiger partial charge on any atom is -0.325 e. The molecule has 2 heterocycles. The van der Waals surface area contributed by atoms with Crippen molar-refractivity contribution in [1.82, 2.24) is 19.7 Å². The molecule has 10 heteroatoms. The summed E-state index contributed by atoms with van der Waals surface area (Å²) < 4.78 is 41.4. The number of halogens is 3. The second-order valence-electron chi connectivity index (χ2n) is 7.43. The number of thioether (sulfide) groups is 1. The number of nitrogens with one attached hydrogen (secondary N) is 1. The van der Waals surface area contributed by atoms with Crippen molar-refractivity contribution in [3.8, 4) is 5.69 Å². The van der Waals surface area contributed by atoms with E-state index in [9.17, 15) is 18.0 Å². The van der Waals surface area contributed by atoms with Crippen LogP contribution in [0.2, 0.25) is 0 Å². The van der Waals surface area contributed by atoms with Crippen LogP contribution in [0.15, 0.2) is 59.8 Å². The molecular formula is C22H22F3N5OS. The molecule has 1 saturated heterocycles. The Balaban J connectivity index is 1.50. The number of anilines is 1. The zero-order chi connectivity index (χ0) is 22.6. The lowest BCUT2D eigenvalue weighted by molar-refractivity contribution is -0.137. The topological polar surface area (TPSA) is 63.1 Å². The predicted molar refractivity (Wildman–Crippen MR) is 117 cm³/mol. The molecule has 3 aromatic rings. The van der Waals surface area contributed by atoms with Gasteiger partial charge in [-0.3, -0.25) is 14.3 Å². The molecule has 0 radical (unpaired) electrons. The fourth-order valence-corrected chi connectivity index (χ4v) is 4.40. The van der Waals surface area contributed by atoms with E-state index in [-0.39, 0.29) is 11.4 Å². The molecule has 1 N–H and O–H groups in total. The average molecular weight is 462 g/mol. The Hall–Kier alpha value is -2.85. The van der Waals surface area contributed by atoms with Crippen molar-refractivity contribution >= 4 is 23.4 Å². The SMILES string of the molecule is O=C(CSc1nnc(CN2CCCC2)n1-c1ccccc1)Nc1ccccc1C(F)(F)F. The Kier molecular flexibility index (Phi) is 6.80. The van der Waals surface area contributed by atoms with Gasteiger partial charge in [0, 0.05) is 5.69 Å². The van der Waals surface area contributed by atoms with E-state index in [0.717, 1.165) is 55.3 Å². The van der Waals surface area contributed by atoms with Crippen molar-refractivity contribution in [1.29, 1.82) is 0 Å². The molecule has 168 valence electrons. The van der Waals surface area contributed by atoms with Gasteiger partial charge in [-0.05, 0) is 50.2 Å². The Labute approximate surface area is 187 Å². The van der Waals surface area contributed by atoms with Crippen molar-refractivity contribution in [3.05, 3.63) is 66.0 Å². The molecule has 1 amide bonds. The fraction of sp³-hybridized carbons (Fsp3) is 0.318. The molecular weight excluding hydrogens is 439 g/mol. The first-order chi connectivity index (χ1) is 15.4. The Morgan fingerprint density at radius 2 is 1.69 bits per heavy atom. The Morgan fingerprint density at radius 1 is 1.00 bits per heavy atom. The van der Waals surface area contributed by atoms with Gasteiger partial charge in [0.1, 0.15) is 0 Å². The third kappa shape index (κ3) is 5.31. The quantitative estimate of drug-likeness (QED) is 0.521. The number of hydrogen-bond donors (Lipinski definition) is 1. The standard InChI is InChI=1S/C22H22F3N5OS/c23-22(24,25)17-10-4-5-11-18(17)26-20(31)15-32-21-28-27-19(14-29-12-6-7-13-29)30(21)16-8-2-1-3-9-16/h1-5,8-11H,6-7,12-15H2,(H,26,31). The van der Waals surface area contributed by atoms with Gasteiger partial charge in [-0.2, -0.15) is 13.2 Å². The number of nitrogens with zero attached hydrogens (tertiary/aromatic N) is 4. The second-order valence-corrected chi connectivity index (χ2v) is 8.38. The van der Waals surface area contributed by atoms with Crippen LogP contribution in [-0.2, 0) is 17.5 Å². The third-order valence-corrected chi connectivity index (χ3v) is 6.05. The predicted octanol–water partition coefficient (Wildman–Crippen LogP) is 4.61. The van der Waals surface area contributed by atoms with Gasteiger partial charge >= 0.3 is 6.18 Å². The molecule has 0 aliphatic carbocycles. The highest BCUT2D eigenvalue weighted by Gasteiger charge is 2.33. The van der Waals surface area contributed by atoms with Gasteiger partial charge in [0.2, 0.25) is 5.91 Å². The molecule has 32 heavy (non-hydrogen) atoms. The molecule has 1 aliphatic rings. The van der Waals surface area contributed by atoms with Crippen LogP contribution < -0.4 is 5.32 Å². The maximum atomic E-state index is 13.2. The number of likely N-dealkylation sites (tertiary alicyclic amines) is 1. The minimum atomic E-state index is -4.55. The molecule has 0 bridgehead atoms. The molecule has 4 rings (SSSR count). The monoisotopic (exact) mass is 461 g/mol. The lowest BCUT2D eigenvalue weighted by atomic mass is 10.1. The largest absolute Gasteiger partial charge is 0.418 e. The van der Waals surface area contributed by atoms with E-state index in [1.807, 2.05) is 34.9 Å². The molecule has 1 aliphatic heterocycles. The molecule has 0 atom stereocenters. The van der Waals surface area contributed by atoms with Gasteiger partial charge in [-0.1, -0.05) is 42.1 Å². The van der Waals surface area contributed by atoms with E-state index in [0.29, 0.717) is 11.7 Å². The van der Waals surface area contributed by atoms with E-state index in [1.54, 1.807) is 0 Å². The van der Waals surface area contributed by atoms with Gasteiger partial charge in [-0.25, -0.2) is 0 Å². The number of alkyl halides is 3. The summed E-state index contributed by atoms with van der Waals surface area (Å²) in [7, 11) is 0. The summed E-state index contributed by atoms with van der Waals surface area (Å²) in [5, 5.41) is 11.5. The molecule has 0 spiro atoms. The molecule has 0 saturated carbocycles. The van der Waals surface area contributed by atoms with Gasteiger partial charge < -0.3 is 5.32 Å². The van der Waals surface area contributed by atoms with Crippen molar-refractivity contribution in [2.75, 3.05) is 24.2 Å². The first-order valence-electron chi connectivity index (χ1n) is 10.2. The van der Waals surface area contributed by atoms with Crippen LogP contribution in [-0.4, -0.2) is 44.4 Å². The Morgan fingerprint density at radius 3 is 2.41 bits per heavy atom. The molecule has 1 fully saturated rings. The number of carbonyl (C=O) groups excluding carboxylic acids is 1. The van der Waals surface area contributed by atoms with Crippen LogP contribution in [0.1, 0.15) is 24.2 Å². The lowest BCUT2D eigenvalue weighted by Gasteiger charge is -2.16. The number of hydrogen-bond acceptors (Lipinski definition) is 5. The van der Waals surface area contributed by atoms with E-state index < -0.39 is 17.6 Å². The molecule has 1 aromatic heterocycles. The molecule has 2 aromatic carbocycles. The number of amides is 1. The van der Waals surface area contributed by atoms with Crippen LogP contribution >= 0.6 is 11.8 Å². The first kappa shape index (κ1) is 22.3. The van der Waals surface area contributed by atoms with Crippen molar-refractivity contribution in [3.63, 3.8) is 0 Å². The lowest BCUT2D eigenvalue weighted by Crippen LogP contribution is -2.21. The number of carbonyl (C=O) groups is 1. The van der Waals surface area contributed by atoms with Crippen LogP contribution in [0.5, 0.6) is 0 Å². The summed E-state index contributed by atoms with van der Waals surface area (Å²) in [5.74, 6) is 0.125. The van der Waals surface area contributed by atoms with Gasteiger partial charge in [0.15, 0.2) is 11.0 Å². The number of benzene rings is 2. The van der Waals surface area contributed by atoms with Crippen LogP contribution in [0.3, 0.4) is 0 Å². The van der Waals surface area contributed by atoms with Gasteiger partial charge in [0.25, 0.3) is 0 Å². The summed E-state index contributed by atoms with van der Waals surface area (Å²) in [6, 6.07) is 14.5. The van der Waals surface area contributed by atoms with Crippen molar-refractivity contribution < 1.29 is 18.0 Å². The summed E-state index contributed by atoms with van der Waals surface area (Å²) >= 11 is 1.14. The maximum Gasteiger partial charge on any atom is 0.418 e. The Bertz CT molecular complexity index is 1060. The average Bonchev–Trinajstić information content (AvgIpc) is 3.43. The van der Waals surface area contributed by atoms with E-state index in [4.69, 9.17) is 0 Å². The van der Waals surface area contributed by atoms with Crippen LogP contribution in [0, 0.1) is 0 Å². The van der Waals surface area contributed by atoms with E-state index >= 15 is 0 Å². The van der Waals surface area contributed by atoms with Crippen molar-refractivity contribution in [2.24, 2.45) is 0 Å². The van der Waals surface area contributed by atoms with Gasteiger partial charge in [0.05, 0.1) is 23.5 Å². The van der Waals surface area contributed by atoms with Crippen LogP contribution in [0.25, 0.3) is 5.69 Å². The summed E-state index contributed by atoms with van der Waals surface area (Å²) in [5.41, 5.74) is -0.263. The third-order valence-electron chi connectivity index (χ3n) is 5.12. The highest BCUT2D eigenvalue weighted by atomic mass is 32.2. The van der Waals surface area contributed by atoms with Gasteiger partial charge in [-0.15, -0.1) is 10.2 Å².